The number of nitrogens with one attached hydrogen (secondary N) is 1. The quantitative estimate of drug-likeness (QED) is 0.660. The number of non-ortho nitro benzene ring substituents is 1. The second-order valence-corrected chi connectivity index (χ2v) is 5.33. The molecule has 5 nitrogen and oxygen atoms in total. The molecule has 0 spiro atoms. The van der Waals surface area contributed by atoms with Gasteiger partial charge in [-0.2, -0.15) is 0 Å². The molecule has 1 N–H and O–H groups in total. The smallest absolute Gasteiger partial charge is 0.274 e. The molecule has 0 atom stereocenters. The third kappa shape index (κ3) is 4.78. The van der Waals surface area contributed by atoms with Crippen molar-refractivity contribution >= 4 is 18.1 Å². The van der Waals surface area contributed by atoms with Gasteiger partial charge >= 0.3 is 0 Å². The molecule has 1 saturated heterocycles. The first-order valence-corrected chi connectivity index (χ1v) is 6.88. The molecule has 1 heterocycles. The molecule has 1 fully saturated rings. The van der Waals surface area contributed by atoms with Gasteiger partial charge in [-0.25, -0.2) is 8.78 Å². The van der Waals surface area contributed by atoms with Crippen LogP contribution in [0.1, 0.15) is 25.3 Å². The number of ether oxygens (including phenoxy) is 1. The summed E-state index contributed by atoms with van der Waals surface area (Å²) in [7, 11) is 0. The predicted octanol–water partition coefficient (Wildman–Crippen LogP) is 3.51. The van der Waals surface area contributed by atoms with Crippen LogP contribution in [0.5, 0.6) is 5.75 Å². The zero-order chi connectivity index (χ0) is 15.5. The highest BCUT2D eigenvalue weighted by atomic mass is 35.5. The summed E-state index contributed by atoms with van der Waals surface area (Å²) in [5, 5.41) is 13.9. The number of nitrogens with zero attached hydrogens (tertiary/aromatic N) is 1. The second-order valence-electron chi connectivity index (χ2n) is 5.33. The summed E-state index contributed by atoms with van der Waals surface area (Å²) >= 11 is 0. The standard InChI is InChI=1S/C14H18F2N2O3.ClH/c1-14(15,16)12-8-11(18(19)20)2-3-13(12)21-9-10-4-6-17-7-5-10;/h2-3,8,10,17H,4-7,9H2,1H3;1H. The Labute approximate surface area is 133 Å². The Bertz CT molecular complexity index is 517. The van der Waals surface area contributed by atoms with E-state index in [1.807, 2.05) is 0 Å². The molecule has 22 heavy (non-hydrogen) atoms. The van der Waals surface area contributed by atoms with E-state index in [-0.39, 0.29) is 23.8 Å². The van der Waals surface area contributed by atoms with E-state index in [4.69, 9.17) is 4.74 Å². The van der Waals surface area contributed by atoms with Gasteiger partial charge in [0.1, 0.15) is 5.75 Å². The summed E-state index contributed by atoms with van der Waals surface area (Å²) in [6.45, 7) is 2.85. The number of hydrogen-bond donors (Lipinski definition) is 1. The van der Waals surface area contributed by atoms with Crippen LogP contribution in [-0.2, 0) is 5.92 Å². The lowest BCUT2D eigenvalue weighted by Crippen LogP contribution is -2.30. The molecule has 1 aromatic carbocycles. The molecule has 2 rings (SSSR count). The molecule has 1 aromatic rings. The van der Waals surface area contributed by atoms with Crippen molar-refractivity contribution < 1.29 is 18.4 Å². The van der Waals surface area contributed by atoms with Crippen molar-refractivity contribution in [2.75, 3.05) is 19.7 Å². The van der Waals surface area contributed by atoms with Crippen LogP contribution >= 0.6 is 12.4 Å². The van der Waals surface area contributed by atoms with Crippen molar-refractivity contribution in [3.05, 3.63) is 33.9 Å². The number of piperidine rings is 1. The summed E-state index contributed by atoms with van der Waals surface area (Å²) in [4.78, 5) is 10.0. The lowest BCUT2D eigenvalue weighted by Gasteiger charge is -2.24. The first-order chi connectivity index (χ1) is 9.88. The molecule has 0 unspecified atom stereocenters. The second kappa shape index (κ2) is 7.69. The van der Waals surface area contributed by atoms with Crippen LogP contribution in [0.4, 0.5) is 14.5 Å². The van der Waals surface area contributed by atoms with Gasteiger partial charge in [-0.15, -0.1) is 12.4 Å². The van der Waals surface area contributed by atoms with E-state index in [1.54, 1.807) is 0 Å². The Morgan fingerprint density at radius 2 is 2.05 bits per heavy atom. The van der Waals surface area contributed by atoms with Gasteiger partial charge in [-0.1, -0.05) is 0 Å². The lowest BCUT2D eigenvalue weighted by atomic mass is 9.99. The van der Waals surface area contributed by atoms with E-state index in [9.17, 15) is 18.9 Å². The van der Waals surface area contributed by atoms with Crippen molar-refractivity contribution in [1.82, 2.24) is 5.32 Å². The molecule has 0 amide bonds. The first-order valence-electron chi connectivity index (χ1n) is 6.88. The first kappa shape index (κ1) is 18.6. The minimum absolute atomic E-state index is 0. The minimum atomic E-state index is -3.19. The number of alkyl halides is 2. The highest BCUT2D eigenvalue weighted by Crippen LogP contribution is 2.37. The molecule has 8 heteroatoms. The van der Waals surface area contributed by atoms with Crippen LogP contribution < -0.4 is 10.1 Å². The van der Waals surface area contributed by atoms with Gasteiger partial charge in [-0.05, 0) is 37.9 Å². The van der Waals surface area contributed by atoms with Gasteiger partial charge in [0.05, 0.1) is 17.1 Å². The van der Waals surface area contributed by atoms with Gasteiger partial charge < -0.3 is 10.1 Å². The van der Waals surface area contributed by atoms with Crippen molar-refractivity contribution in [3.63, 3.8) is 0 Å². The normalized spacial score (nSPS) is 16.0. The van der Waals surface area contributed by atoms with Crippen molar-refractivity contribution in [1.29, 1.82) is 0 Å². The fourth-order valence-electron chi connectivity index (χ4n) is 2.36. The van der Waals surface area contributed by atoms with Crippen molar-refractivity contribution in [3.8, 4) is 5.75 Å². The fraction of sp³-hybridized carbons (Fsp3) is 0.571. The monoisotopic (exact) mass is 336 g/mol. The summed E-state index contributed by atoms with van der Waals surface area (Å²) < 4.78 is 32.7. The van der Waals surface area contributed by atoms with E-state index < -0.39 is 16.4 Å². The molecule has 1 aliphatic rings. The molecule has 0 aliphatic carbocycles. The molecule has 0 aromatic heterocycles. The van der Waals surface area contributed by atoms with E-state index in [1.165, 1.54) is 12.1 Å². The molecular weight excluding hydrogens is 318 g/mol. The molecule has 1 aliphatic heterocycles. The lowest BCUT2D eigenvalue weighted by molar-refractivity contribution is -0.385. The highest BCUT2D eigenvalue weighted by molar-refractivity contribution is 5.85. The minimum Gasteiger partial charge on any atom is -0.493 e. The SMILES string of the molecule is CC(F)(F)c1cc([N+](=O)[O-])ccc1OCC1CCNCC1.Cl. The van der Waals surface area contributed by atoms with Crippen LogP contribution in [0.2, 0.25) is 0 Å². The summed E-state index contributed by atoms with van der Waals surface area (Å²) in [5.41, 5.74) is -0.800. The molecule has 0 radical (unpaired) electrons. The van der Waals surface area contributed by atoms with Crippen LogP contribution in [-0.4, -0.2) is 24.6 Å². The summed E-state index contributed by atoms with van der Waals surface area (Å²) in [6, 6.07) is 3.33. The maximum atomic E-state index is 13.6. The average Bonchev–Trinajstić information content (AvgIpc) is 2.45. The number of hydrogen-bond acceptors (Lipinski definition) is 4. The third-order valence-corrected chi connectivity index (χ3v) is 3.58. The Hall–Kier alpha value is -1.47. The zero-order valence-electron chi connectivity index (χ0n) is 12.2. The van der Waals surface area contributed by atoms with Gasteiger partial charge in [0.2, 0.25) is 0 Å². The summed E-state index contributed by atoms with van der Waals surface area (Å²) in [6.07, 6.45) is 1.87. The van der Waals surface area contributed by atoms with Gasteiger partial charge in [0.25, 0.3) is 11.6 Å². The van der Waals surface area contributed by atoms with E-state index >= 15 is 0 Å². The fourth-order valence-corrected chi connectivity index (χ4v) is 2.36. The number of benzene rings is 1. The highest BCUT2D eigenvalue weighted by Gasteiger charge is 2.31. The molecule has 124 valence electrons. The number of rotatable bonds is 5. The van der Waals surface area contributed by atoms with E-state index in [0.29, 0.717) is 19.4 Å². The largest absolute Gasteiger partial charge is 0.493 e. The predicted molar refractivity (Wildman–Crippen MR) is 81.0 cm³/mol. The van der Waals surface area contributed by atoms with Crippen LogP contribution in [0.25, 0.3) is 0 Å². The van der Waals surface area contributed by atoms with Gasteiger partial charge in [0, 0.05) is 19.1 Å². The number of halogens is 3. The van der Waals surface area contributed by atoms with Crippen LogP contribution in [0.3, 0.4) is 0 Å². The maximum absolute atomic E-state index is 13.6. The van der Waals surface area contributed by atoms with Crippen LogP contribution in [0.15, 0.2) is 18.2 Å². The molecule has 0 bridgehead atoms. The van der Waals surface area contributed by atoms with E-state index in [2.05, 4.69) is 5.32 Å². The Morgan fingerprint density at radius 1 is 1.41 bits per heavy atom. The maximum Gasteiger partial charge on any atom is 0.274 e. The summed E-state index contributed by atoms with van der Waals surface area (Å²) in [5.74, 6) is -2.85. The topological polar surface area (TPSA) is 64.4 Å². The Balaban J connectivity index is 0.00000242. The molecular formula is C14H19ClF2N2O3. The van der Waals surface area contributed by atoms with Crippen molar-refractivity contribution in [2.45, 2.75) is 25.7 Å². The Kier molecular flexibility index (Phi) is 6.49. The Morgan fingerprint density at radius 3 is 2.59 bits per heavy atom. The van der Waals surface area contributed by atoms with Gasteiger partial charge in [-0.3, -0.25) is 10.1 Å². The van der Waals surface area contributed by atoms with E-state index in [0.717, 1.165) is 32.0 Å². The number of nitro benzene ring substituents is 1. The zero-order valence-corrected chi connectivity index (χ0v) is 13.0. The third-order valence-electron chi connectivity index (χ3n) is 3.58. The average molecular weight is 337 g/mol. The van der Waals surface area contributed by atoms with Gasteiger partial charge in [0.15, 0.2) is 0 Å². The number of nitro groups is 1. The van der Waals surface area contributed by atoms with Crippen molar-refractivity contribution in [2.24, 2.45) is 5.92 Å². The molecule has 0 saturated carbocycles. The van der Waals surface area contributed by atoms with Crippen LogP contribution in [0, 0.1) is 16.0 Å².